The van der Waals surface area contributed by atoms with Gasteiger partial charge in [-0.3, -0.25) is 9.59 Å². The SMILES string of the molecule is COC(=O)CC[C@@H](NC(=O)[C@H](OC)c1ccccc1)C(=O)OC. The number of benzene rings is 1. The van der Waals surface area contributed by atoms with Crippen LogP contribution < -0.4 is 5.32 Å². The molecule has 2 atom stereocenters. The molecule has 0 aliphatic heterocycles. The lowest BCUT2D eigenvalue weighted by atomic mass is 10.1. The average molecular weight is 323 g/mol. The predicted molar refractivity (Wildman–Crippen MR) is 81.4 cm³/mol. The smallest absolute Gasteiger partial charge is 0.328 e. The van der Waals surface area contributed by atoms with E-state index in [0.717, 1.165) is 0 Å². The molecule has 126 valence electrons. The first kappa shape index (κ1) is 18.6. The molecular formula is C16H21NO6. The molecule has 0 saturated carbocycles. The number of ether oxygens (including phenoxy) is 3. The minimum Gasteiger partial charge on any atom is -0.469 e. The van der Waals surface area contributed by atoms with E-state index in [1.165, 1.54) is 21.3 Å². The minimum absolute atomic E-state index is 0.0144. The maximum atomic E-state index is 12.4. The normalized spacial score (nSPS) is 12.8. The fourth-order valence-electron chi connectivity index (χ4n) is 2.03. The van der Waals surface area contributed by atoms with E-state index < -0.39 is 30.0 Å². The van der Waals surface area contributed by atoms with Crippen molar-refractivity contribution in [2.45, 2.75) is 25.0 Å². The Balaban J connectivity index is 2.78. The molecule has 1 aromatic carbocycles. The van der Waals surface area contributed by atoms with Gasteiger partial charge in [0.1, 0.15) is 6.04 Å². The number of hydrogen-bond donors (Lipinski definition) is 1. The third-order valence-electron chi connectivity index (χ3n) is 3.24. The first-order valence-corrected chi connectivity index (χ1v) is 7.06. The Kier molecular flexibility index (Phi) is 7.76. The van der Waals surface area contributed by atoms with Crippen molar-refractivity contribution in [3.8, 4) is 0 Å². The zero-order chi connectivity index (χ0) is 17.2. The number of carbonyl (C=O) groups is 3. The Hall–Kier alpha value is -2.41. The van der Waals surface area contributed by atoms with Gasteiger partial charge in [-0.25, -0.2) is 4.79 Å². The number of rotatable bonds is 8. The first-order valence-electron chi connectivity index (χ1n) is 7.06. The molecule has 0 unspecified atom stereocenters. The van der Waals surface area contributed by atoms with Gasteiger partial charge in [0.2, 0.25) is 0 Å². The molecule has 0 spiro atoms. The van der Waals surface area contributed by atoms with Crippen molar-refractivity contribution in [1.82, 2.24) is 5.32 Å². The molecule has 1 amide bonds. The quantitative estimate of drug-likeness (QED) is 0.717. The van der Waals surface area contributed by atoms with E-state index in [0.29, 0.717) is 5.56 Å². The number of nitrogens with one attached hydrogen (secondary N) is 1. The monoisotopic (exact) mass is 323 g/mol. The van der Waals surface area contributed by atoms with E-state index in [-0.39, 0.29) is 12.8 Å². The Morgan fingerprint density at radius 1 is 1.04 bits per heavy atom. The molecular weight excluding hydrogens is 302 g/mol. The Labute approximate surface area is 134 Å². The molecule has 1 N–H and O–H groups in total. The Morgan fingerprint density at radius 2 is 1.70 bits per heavy atom. The topological polar surface area (TPSA) is 90.9 Å². The van der Waals surface area contributed by atoms with Crippen LogP contribution in [0.15, 0.2) is 30.3 Å². The third kappa shape index (κ3) is 5.71. The zero-order valence-electron chi connectivity index (χ0n) is 13.4. The van der Waals surface area contributed by atoms with Crippen LogP contribution in [0.2, 0.25) is 0 Å². The lowest BCUT2D eigenvalue weighted by molar-refractivity contribution is -0.148. The Morgan fingerprint density at radius 3 is 2.22 bits per heavy atom. The fourth-order valence-corrected chi connectivity index (χ4v) is 2.03. The molecule has 0 radical (unpaired) electrons. The highest BCUT2D eigenvalue weighted by atomic mass is 16.5. The van der Waals surface area contributed by atoms with Crippen molar-refractivity contribution in [2.24, 2.45) is 0 Å². The summed E-state index contributed by atoms with van der Waals surface area (Å²) in [5.74, 6) is -1.59. The van der Waals surface area contributed by atoms with Gasteiger partial charge in [0, 0.05) is 13.5 Å². The lowest BCUT2D eigenvalue weighted by Crippen LogP contribution is -2.44. The van der Waals surface area contributed by atoms with E-state index in [4.69, 9.17) is 4.74 Å². The van der Waals surface area contributed by atoms with E-state index in [1.54, 1.807) is 24.3 Å². The highest BCUT2D eigenvalue weighted by Gasteiger charge is 2.27. The van der Waals surface area contributed by atoms with Crippen LogP contribution >= 0.6 is 0 Å². The van der Waals surface area contributed by atoms with Gasteiger partial charge in [0.05, 0.1) is 14.2 Å². The second-order valence-corrected chi connectivity index (χ2v) is 4.73. The van der Waals surface area contributed by atoms with E-state index in [9.17, 15) is 14.4 Å². The van der Waals surface area contributed by atoms with E-state index >= 15 is 0 Å². The van der Waals surface area contributed by atoms with Gasteiger partial charge < -0.3 is 19.5 Å². The molecule has 0 aromatic heterocycles. The molecule has 7 heteroatoms. The molecule has 0 aliphatic rings. The average Bonchev–Trinajstić information content (AvgIpc) is 2.59. The third-order valence-corrected chi connectivity index (χ3v) is 3.24. The summed E-state index contributed by atoms with van der Waals surface area (Å²) in [5, 5.41) is 2.55. The molecule has 0 saturated heterocycles. The van der Waals surface area contributed by atoms with Crippen molar-refractivity contribution in [1.29, 1.82) is 0 Å². The van der Waals surface area contributed by atoms with Crippen LogP contribution in [-0.4, -0.2) is 45.2 Å². The summed E-state index contributed by atoms with van der Waals surface area (Å²) in [5.41, 5.74) is 0.657. The number of methoxy groups -OCH3 is 3. The minimum atomic E-state index is -0.951. The summed E-state index contributed by atoms with van der Waals surface area (Å²) >= 11 is 0. The standard InChI is InChI=1S/C16H21NO6/c1-21-13(18)10-9-12(16(20)23-3)17-15(19)14(22-2)11-7-5-4-6-8-11/h4-8,12,14H,9-10H2,1-3H3,(H,17,19)/t12-,14-/m1/s1. The van der Waals surface area contributed by atoms with Gasteiger partial charge in [-0.05, 0) is 12.0 Å². The van der Waals surface area contributed by atoms with Crippen LogP contribution in [0, 0.1) is 0 Å². The Bertz CT molecular complexity index is 531. The fraction of sp³-hybridized carbons (Fsp3) is 0.438. The van der Waals surface area contributed by atoms with Crippen LogP contribution in [0.1, 0.15) is 24.5 Å². The van der Waals surface area contributed by atoms with E-state index in [1.807, 2.05) is 6.07 Å². The highest BCUT2D eigenvalue weighted by Crippen LogP contribution is 2.17. The maximum Gasteiger partial charge on any atom is 0.328 e. The van der Waals surface area contributed by atoms with Crippen molar-refractivity contribution < 1.29 is 28.6 Å². The van der Waals surface area contributed by atoms with Crippen molar-refractivity contribution >= 4 is 17.8 Å². The summed E-state index contributed by atoms with van der Waals surface area (Å²) in [7, 11) is 3.87. The zero-order valence-corrected chi connectivity index (χ0v) is 13.4. The number of amides is 1. The second-order valence-electron chi connectivity index (χ2n) is 4.73. The largest absolute Gasteiger partial charge is 0.469 e. The van der Waals surface area contributed by atoms with Crippen LogP contribution in [0.3, 0.4) is 0 Å². The van der Waals surface area contributed by atoms with Crippen LogP contribution in [0.25, 0.3) is 0 Å². The summed E-state index contributed by atoms with van der Waals surface area (Å²) in [6.45, 7) is 0. The molecule has 7 nitrogen and oxygen atoms in total. The summed E-state index contributed by atoms with van der Waals surface area (Å²) in [4.78, 5) is 35.3. The van der Waals surface area contributed by atoms with E-state index in [2.05, 4.69) is 14.8 Å². The van der Waals surface area contributed by atoms with Gasteiger partial charge >= 0.3 is 11.9 Å². The second kappa shape index (κ2) is 9.58. The molecule has 0 bridgehead atoms. The van der Waals surface area contributed by atoms with Crippen molar-refractivity contribution in [2.75, 3.05) is 21.3 Å². The van der Waals surface area contributed by atoms with Crippen molar-refractivity contribution in [3.63, 3.8) is 0 Å². The van der Waals surface area contributed by atoms with Gasteiger partial charge in [-0.15, -0.1) is 0 Å². The molecule has 0 aliphatic carbocycles. The van der Waals surface area contributed by atoms with Crippen LogP contribution in [0.5, 0.6) is 0 Å². The van der Waals surface area contributed by atoms with Gasteiger partial charge in [-0.2, -0.15) is 0 Å². The number of esters is 2. The number of carbonyl (C=O) groups excluding carboxylic acids is 3. The van der Waals surface area contributed by atoms with Crippen LogP contribution in [-0.2, 0) is 28.6 Å². The highest BCUT2D eigenvalue weighted by molar-refractivity contribution is 5.88. The van der Waals surface area contributed by atoms with Crippen LogP contribution in [0.4, 0.5) is 0 Å². The maximum absolute atomic E-state index is 12.4. The molecule has 1 rings (SSSR count). The predicted octanol–water partition coefficient (Wildman–Crippen LogP) is 0.985. The van der Waals surface area contributed by atoms with Gasteiger partial charge in [0.15, 0.2) is 6.10 Å². The molecule has 1 aromatic rings. The summed E-state index contributed by atoms with van der Waals surface area (Å²) in [6.07, 6.45) is -0.794. The van der Waals surface area contributed by atoms with Gasteiger partial charge in [0.25, 0.3) is 5.91 Å². The number of hydrogen-bond acceptors (Lipinski definition) is 6. The summed E-state index contributed by atoms with van der Waals surface area (Å²) < 4.78 is 14.4. The van der Waals surface area contributed by atoms with Crippen molar-refractivity contribution in [3.05, 3.63) is 35.9 Å². The van der Waals surface area contributed by atoms with Gasteiger partial charge in [-0.1, -0.05) is 30.3 Å². The first-order chi connectivity index (χ1) is 11.0. The summed E-state index contributed by atoms with van der Waals surface area (Å²) in [6, 6.07) is 7.92. The molecule has 0 fully saturated rings. The molecule has 0 heterocycles. The lowest BCUT2D eigenvalue weighted by Gasteiger charge is -2.20. The molecule has 23 heavy (non-hydrogen) atoms.